The van der Waals surface area contributed by atoms with Crippen LogP contribution in [0.1, 0.15) is 66.2 Å². The lowest BCUT2D eigenvalue weighted by Gasteiger charge is -2.43. The first-order valence-corrected chi connectivity index (χ1v) is 11.3. The van der Waals surface area contributed by atoms with Gasteiger partial charge in [0.05, 0.1) is 18.1 Å². The van der Waals surface area contributed by atoms with E-state index in [0.29, 0.717) is 24.7 Å². The molecule has 0 aliphatic heterocycles. The third-order valence-electron chi connectivity index (χ3n) is 6.72. The number of hydrogen-bond acceptors (Lipinski definition) is 5. The van der Waals surface area contributed by atoms with E-state index in [9.17, 15) is 15.0 Å². The highest BCUT2D eigenvalue weighted by Gasteiger charge is 2.41. The van der Waals surface area contributed by atoms with Crippen molar-refractivity contribution in [3.05, 3.63) is 23.8 Å². The largest absolute Gasteiger partial charge is 0.461 e. The second-order valence-corrected chi connectivity index (χ2v) is 9.21. The molecule has 5 heteroatoms. The number of ether oxygens (including phenoxy) is 1. The van der Waals surface area contributed by atoms with Crippen LogP contribution < -0.4 is 0 Å². The molecule has 0 aromatic rings. The number of fused-ring (bicyclic) bond motifs is 1. The number of rotatable bonds is 10. The zero-order valence-corrected chi connectivity index (χ0v) is 18.5. The second kappa shape index (κ2) is 11.3. The van der Waals surface area contributed by atoms with Gasteiger partial charge in [-0.2, -0.15) is 0 Å². The Labute approximate surface area is 175 Å². The predicted octanol–water partition coefficient (Wildman–Crippen LogP) is 3.62. The van der Waals surface area contributed by atoms with Crippen LogP contribution in [0.15, 0.2) is 23.8 Å². The monoisotopic (exact) mass is 408 g/mol. The molecular weight excluding hydrogens is 368 g/mol. The van der Waals surface area contributed by atoms with E-state index in [0.717, 1.165) is 19.3 Å². The number of carbonyl (C=O) groups excluding carboxylic acids is 1. The average Bonchev–Trinajstić information content (AvgIpc) is 2.66. The van der Waals surface area contributed by atoms with Crippen LogP contribution in [0.2, 0.25) is 0 Å². The summed E-state index contributed by atoms with van der Waals surface area (Å²) >= 11 is 0. The lowest BCUT2D eigenvalue weighted by molar-refractivity contribution is -0.158. The van der Waals surface area contributed by atoms with Crippen molar-refractivity contribution in [3.8, 4) is 0 Å². The van der Waals surface area contributed by atoms with Crippen molar-refractivity contribution in [2.24, 2.45) is 29.6 Å². The topological polar surface area (TPSA) is 87.0 Å². The zero-order chi connectivity index (χ0) is 21.6. The van der Waals surface area contributed by atoms with Gasteiger partial charge in [0.1, 0.15) is 6.10 Å². The molecule has 0 unspecified atom stereocenters. The summed E-state index contributed by atoms with van der Waals surface area (Å²) in [5, 5.41) is 29.1. The number of esters is 1. The first kappa shape index (κ1) is 24.1. The minimum absolute atomic E-state index is 0.0734. The van der Waals surface area contributed by atoms with Gasteiger partial charge in [0.25, 0.3) is 0 Å². The summed E-state index contributed by atoms with van der Waals surface area (Å²) in [5.74, 6) is 0.953. The summed E-state index contributed by atoms with van der Waals surface area (Å²) in [6, 6.07) is 0. The molecule has 0 saturated carbocycles. The molecule has 0 aromatic carbocycles. The van der Waals surface area contributed by atoms with Crippen LogP contribution in [0, 0.1) is 29.6 Å². The first-order valence-electron chi connectivity index (χ1n) is 11.3. The van der Waals surface area contributed by atoms with Crippen LogP contribution in [-0.4, -0.2) is 46.2 Å². The summed E-state index contributed by atoms with van der Waals surface area (Å²) in [6.07, 6.45) is 8.92. The molecule has 29 heavy (non-hydrogen) atoms. The van der Waals surface area contributed by atoms with Gasteiger partial charge in [-0.1, -0.05) is 45.9 Å². The molecule has 0 amide bonds. The highest BCUT2D eigenvalue weighted by Crippen LogP contribution is 2.45. The van der Waals surface area contributed by atoms with Crippen LogP contribution in [0.4, 0.5) is 0 Å². The van der Waals surface area contributed by atoms with E-state index in [1.54, 1.807) is 0 Å². The molecule has 8 atom stereocenters. The van der Waals surface area contributed by atoms with E-state index in [1.807, 2.05) is 13.8 Å². The third kappa shape index (κ3) is 6.66. The van der Waals surface area contributed by atoms with Gasteiger partial charge in [0.15, 0.2) is 0 Å². The molecule has 0 saturated heterocycles. The van der Waals surface area contributed by atoms with Gasteiger partial charge in [-0.25, -0.2) is 0 Å². The van der Waals surface area contributed by atoms with Crippen LogP contribution >= 0.6 is 0 Å². The van der Waals surface area contributed by atoms with E-state index in [2.05, 4.69) is 32.1 Å². The molecule has 3 N–H and O–H groups in total. The Kier molecular flexibility index (Phi) is 9.38. The Balaban J connectivity index is 2.10. The van der Waals surface area contributed by atoms with E-state index in [4.69, 9.17) is 9.84 Å². The van der Waals surface area contributed by atoms with Crippen molar-refractivity contribution in [3.63, 3.8) is 0 Å². The van der Waals surface area contributed by atoms with E-state index >= 15 is 0 Å². The van der Waals surface area contributed by atoms with Crippen LogP contribution in [0.3, 0.4) is 0 Å². The molecule has 166 valence electrons. The summed E-state index contributed by atoms with van der Waals surface area (Å²) in [7, 11) is 0. The van der Waals surface area contributed by atoms with Crippen molar-refractivity contribution in [2.75, 3.05) is 6.61 Å². The van der Waals surface area contributed by atoms with Crippen LogP contribution in [0.5, 0.6) is 0 Å². The third-order valence-corrected chi connectivity index (χ3v) is 6.72. The Morgan fingerprint density at radius 2 is 1.93 bits per heavy atom. The quantitative estimate of drug-likeness (QED) is 0.481. The molecule has 5 nitrogen and oxygen atoms in total. The van der Waals surface area contributed by atoms with Gasteiger partial charge in [-0.15, -0.1) is 0 Å². The summed E-state index contributed by atoms with van der Waals surface area (Å²) in [6.45, 7) is 8.20. The molecule has 2 rings (SSSR count). The Hall–Kier alpha value is -1.17. The van der Waals surface area contributed by atoms with Gasteiger partial charge in [0, 0.05) is 12.5 Å². The zero-order valence-electron chi connectivity index (χ0n) is 18.5. The molecule has 0 fully saturated rings. The van der Waals surface area contributed by atoms with Gasteiger partial charge in [-0.3, -0.25) is 4.79 Å². The maximum Gasteiger partial charge on any atom is 0.308 e. The molecule has 2 aliphatic rings. The fourth-order valence-electron chi connectivity index (χ4n) is 4.74. The number of aliphatic hydroxyl groups excluding tert-OH is 3. The van der Waals surface area contributed by atoms with Crippen molar-refractivity contribution < 1.29 is 24.9 Å². The standard InChI is InChI=1S/C24H40O5/c1-5-16(3)24(28)29-22-13-15(2)12-18-7-6-17(4)21(23(18)22)9-8-19(26)14-20(27)10-11-25/h6-7,12,15-17,19-23,25-27H,5,8-11,13-14H2,1-4H3/t15-,16-,17-,19+,20-,21-,22-,23-/m0/s1. The van der Waals surface area contributed by atoms with Gasteiger partial charge in [0.2, 0.25) is 0 Å². The molecule has 0 aromatic heterocycles. The number of hydrogen-bond donors (Lipinski definition) is 3. The van der Waals surface area contributed by atoms with Crippen molar-refractivity contribution in [2.45, 2.75) is 84.5 Å². The predicted molar refractivity (Wildman–Crippen MR) is 114 cm³/mol. The minimum Gasteiger partial charge on any atom is -0.461 e. The fourth-order valence-corrected chi connectivity index (χ4v) is 4.74. The summed E-state index contributed by atoms with van der Waals surface area (Å²) < 4.78 is 6.02. The highest BCUT2D eigenvalue weighted by atomic mass is 16.5. The SMILES string of the molecule is CC[C@H](C)C(=O)O[C@H]1C[C@@H](C)C=C2C=C[C@H](C)[C@H](CC[C@@H](O)C[C@@H](O)CCO)[C@H]21. The average molecular weight is 409 g/mol. The Morgan fingerprint density at radius 3 is 2.59 bits per heavy atom. The molecule has 0 spiro atoms. The fraction of sp³-hybridized carbons (Fsp3) is 0.792. The van der Waals surface area contributed by atoms with E-state index < -0.39 is 12.2 Å². The highest BCUT2D eigenvalue weighted by molar-refractivity contribution is 5.72. The number of carbonyl (C=O) groups is 1. The van der Waals surface area contributed by atoms with E-state index in [-0.39, 0.29) is 42.9 Å². The minimum atomic E-state index is -0.672. The smallest absolute Gasteiger partial charge is 0.308 e. The summed E-state index contributed by atoms with van der Waals surface area (Å²) in [4.78, 5) is 12.5. The van der Waals surface area contributed by atoms with Crippen LogP contribution in [-0.2, 0) is 9.53 Å². The van der Waals surface area contributed by atoms with Crippen molar-refractivity contribution in [1.82, 2.24) is 0 Å². The maximum absolute atomic E-state index is 12.5. The second-order valence-electron chi connectivity index (χ2n) is 9.21. The molecular formula is C24H40O5. The van der Waals surface area contributed by atoms with Crippen molar-refractivity contribution in [1.29, 1.82) is 0 Å². The number of allylic oxidation sites excluding steroid dienone is 3. The van der Waals surface area contributed by atoms with E-state index in [1.165, 1.54) is 5.57 Å². The van der Waals surface area contributed by atoms with Gasteiger partial charge in [-0.05, 0) is 61.9 Å². The molecule has 0 radical (unpaired) electrons. The maximum atomic E-state index is 12.5. The lowest BCUT2D eigenvalue weighted by Crippen LogP contribution is -2.41. The first-order chi connectivity index (χ1) is 13.8. The van der Waals surface area contributed by atoms with Crippen molar-refractivity contribution >= 4 is 5.97 Å². The van der Waals surface area contributed by atoms with Crippen LogP contribution in [0.25, 0.3) is 0 Å². The Morgan fingerprint density at radius 1 is 1.24 bits per heavy atom. The molecule has 2 aliphatic carbocycles. The molecule has 0 bridgehead atoms. The summed E-state index contributed by atoms with van der Waals surface area (Å²) in [5.41, 5.74) is 1.25. The lowest BCUT2D eigenvalue weighted by atomic mass is 9.65. The number of aliphatic hydroxyl groups is 3. The molecule has 0 heterocycles. The van der Waals surface area contributed by atoms with Gasteiger partial charge < -0.3 is 20.1 Å². The Bertz CT molecular complexity index is 584. The normalized spacial score (nSPS) is 32.1. The van der Waals surface area contributed by atoms with Gasteiger partial charge >= 0.3 is 5.97 Å².